The van der Waals surface area contributed by atoms with Gasteiger partial charge in [0.15, 0.2) is 0 Å². The van der Waals surface area contributed by atoms with Crippen molar-refractivity contribution in [2.24, 2.45) is 0 Å². The number of hydrogen-bond acceptors (Lipinski definition) is 2. The average Bonchev–Trinajstić information content (AvgIpc) is 1.62. The van der Waals surface area contributed by atoms with E-state index in [9.17, 15) is 0 Å². The average molecular weight is 114 g/mol. The van der Waals surface area contributed by atoms with E-state index in [1.54, 1.807) is 0 Å². The predicted molar refractivity (Wildman–Crippen MR) is 32.4 cm³/mol. The van der Waals surface area contributed by atoms with Crippen molar-refractivity contribution in [2.75, 3.05) is 19.7 Å². The molecule has 1 rings (SSSR count). The Hall–Kier alpha value is -0.0800. The smallest absolute Gasteiger partial charge is 0.0973 e. The van der Waals surface area contributed by atoms with Crippen LogP contribution in [0.1, 0.15) is 12.8 Å². The maximum Gasteiger partial charge on any atom is 0.0973 e. The number of nitrogens with one attached hydrogen (secondary N) is 1. The quantitative estimate of drug-likeness (QED) is 0.496. The van der Waals surface area contributed by atoms with E-state index in [0.717, 1.165) is 19.7 Å². The van der Waals surface area contributed by atoms with Gasteiger partial charge in [0.05, 0.1) is 6.61 Å². The summed E-state index contributed by atoms with van der Waals surface area (Å²) in [6.45, 7) is 4.78. The Morgan fingerprint density at radius 3 is 3.38 bits per heavy atom. The van der Waals surface area contributed by atoms with E-state index in [1.165, 1.54) is 12.8 Å². The predicted octanol–water partition coefficient (Wildman–Crippen LogP) is 0.548. The standard InChI is InChI=1S/C6H12NO/c1-2-5-8-6-4-7-3-1/h6-7H,1-5H2. The van der Waals surface area contributed by atoms with Crippen molar-refractivity contribution in [3.8, 4) is 0 Å². The Kier molecular flexibility index (Phi) is 2.92. The molecule has 0 atom stereocenters. The molecule has 1 aliphatic rings. The van der Waals surface area contributed by atoms with Crippen molar-refractivity contribution < 1.29 is 4.74 Å². The lowest BCUT2D eigenvalue weighted by Gasteiger charge is -2.08. The molecule has 1 heterocycles. The van der Waals surface area contributed by atoms with Crippen LogP contribution in [0.2, 0.25) is 0 Å². The summed E-state index contributed by atoms with van der Waals surface area (Å²) in [7, 11) is 0. The first kappa shape index (κ1) is 6.05. The molecule has 1 aliphatic heterocycles. The van der Waals surface area contributed by atoms with Gasteiger partial charge in [-0.05, 0) is 19.4 Å². The largest absolute Gasteiger partial charge is 0.374 e. The molecule has 2 heteroatoms. The summed E-state index contributed by atoms with van der Waals surface area (Å²) in [5.74, 6) is 0. The minimum absolute atomic E-state index is 0.903. The molecule has 0 aromatic heterocycles. The summed E-state index contributed by atoms with van der Waals surface area (Å²) in [4.78, 5) is 0. The summed E-state index contributed by atoms with van der Waals surface area (Å²) in [5.41, 5.74) is 0. The molecule has 2 nitrogen and oxygen atoms in total. The van der Waals surface area contributed by atoms with Crippen LogP contribution in [0, 0.1) is 6.61 Å². The first-order chi connectivity index (χ1) is 4.00. The fourth-order valence-electron chi connectivity index (χ4n) is 0.739. The maximum absolute atomic E-state index is 5.09. The van der Waals surface area contributed by atoms with Gasteiger partial charge in [-0.2, -0.15) is 0 Å². The topological polar surface area (TPSA) is 21.3 Å². The van der Waals surface area contributed by atoms with Crippen molar-refractivity contribution in [2.45, 2.75) is 12.8 Å². The number of hydrogen-bond donors (Lipinski definition) is 1. The van der Waals surface area contributed by atoms with Crippen LogP contribution < -0.4 is 5.32 Å². The highest BCUT2D eigenvalue weighted by atomic mass is 16.5. The second-order valence-electron chi connectivity index (χ2n) is 1.95. The van der Waals surface area contributed by atoms with E-state index >= 15 is 0 Å². The van der Waals surface area contributed by atoms with Crippen molar-refractivity contribution in [1.29, 1.82) is 0 Å². The van der Waals surface area contributed by atoms with Crippen molar-refractivity contribution in [1.82, 2.24) is 5.32 Å². The zero-order chi connectivity index (χ0) is 5.66. The molecule has 0 aromatic carbocycles. The minimum Gasteiger partial charge on any atom is -0.374 e. The molecule has 0 amide bonds. The molecule has 1 fully saturated rings. The van der Waals surface area contributed by atoms with Gasteiger partial charge in [-0.25, -0.2) is 0 Å². The molecule has 0 bridgehead atoms. The van der Waals surface area contributed by atoms with Gasteiger partial charge in [-0.1, -0.05) is 0 Å². The second-order valence-corrected chi connectivity index (χ2v) is 1.95. The van der Waals surface area contributed by atoms with Crippen LogP contribution in [0.25, 0.3) is 0 Å². The molecular weight excluding hydrogens is 102 g/mol. The van der Waals surface area contributed by atoms with Crippen LogP contribution in [0.4, 0.5) is 0 Å². The molecule has 8 heavy (non-hydrogen) atoms. The van der Waals surface area contributed by atoms with E-state index in [4.69, 9.17) is 4.74 Å². The lowest BCUT2D eigenvalue weighted by Crippen LogP contribution is -2.20. The zero-order valence-corrected chi connectivity index (χ0v) is 5.02. The molecule has 0 unspecified atom stereocenters. The lowest BCUT2D eigenvalue weighted by atomic mass is 10.3. The zero-order valence-electron chi connectivity index (χ0n) is 5.02. The third-order valence-corrected chi connectivity index (χ3v) is 1.21. The van der Waals surface area contributed by atoms with E-state index in [1.807, 2.05) is 6.61 Å². The molecule has 0 aromatic rings. The summed E-state index contributed by atoms with van der Waals surface area (Å²) in [6.07, 6.45) is 2.43. The fraction of sp³-hybridized carbons (Fsp3) is 0.833. The van der Waals surface area contributed by atoms with Gasteiger partial charge in [0.25, 0.3) is 0 Å². The molecule has 1 radical (unpaired) electrons. The van der Waals surface area contributed by atoms with Crippen molar-refractivity contribution in [3.63, 3.8) is 0 Å². The Morgan fingerprint density at radius 2 is 2.38 bits per heavy atom. The first-order valence-corrected chi connectivity index (χ1v) is 3.14. The third kappa shape index (κ3) is 2.28. The van der Waals surface area contributed by atoms with Crippen LogP contribution >= 0.6 is 0 Å². The monoisotopic (exact) mass is 114 g/mol. The van der Waals surface area contributed by atoms with Crippen LogP contribution in [0.15, 0.2) is 0 Å². The highest BCUT2D eigenvalue weighted by Crippen LogP contribution is 1.93. The van der Waals surface area contributed by atoms with Gasteiger partial charge in [0.1, 0.15) is 0 Å². The van der Waals surface area contributed by atoms with Crippen LogP contribution in [-0.2, 0) is 4.74 Å². The van der Waals surface area contributed by atoms with Crippen molar-refractivity contribution >= 4 is 0 Å². The SMILES string of the molecule is [CH]1CNCCCCO1. The van der Waals surface area contributed by atoms with Gasteiger partial charge in [-0.15, -0.1) is 0 Å². The van der Waals surface area contributed by atoms with Gasteiger partial charge in [0, 0.05) is 13.2 Å². The maximum atomic E-state index is 5.09. The van der Waals surface area contributed by atoms with Gasteiger partial charge in [0.2, 0.25) is 0 Å². The Labute approximate surface area is 50.2 Å². The van der Waals surface area contributed by atoms with Crippen molar-refractivity contribution in [3.05, 3.63) is 6.61 Å². The van der Waals surface area contributed by atoms with E-state index < -0.39 is 0 Å². The molecule has 1 saturated heterocycles. The molecule has 0 spiro atoms. The van der Waals surface area contributed by atoms with Gasteiger partial charge in [-0.3, -0.25) is 0 Å². The summed E-state index contributed by atoms with van der Waals surface area (Å²) in [6, 6.07) is 0. The Balaban J connectivity index is 2.00. The molecular formula is C6H12NO. The minimum atomic E-state index is 0.903. The van der Waals surface area contributed by atoms with Gasteiger partial charge >= 0.3 is 0 Å². The number of rotatable bonds is 0. The van der Waals surface area contributed by atoms with Crippen LogP contribution in [0.5, 0.6) is 0 Å². The first-order valence-electron chi connectivity index (χ1n) is 3.14. The summed E-state index contributed by atoms with van der Waals surface area (Å²) in [5, 5.41) is 3.21. The van der Waals surface area contributed by atoms with Crippen LogP contribution in [0.3, 0.4) is 0 Å². The summed E-state index contributed by atoms with van der Waals surface area (Å²) >= 11 is 0. The van der Waals surface area contributed by atoms with Crippen LogP contribution in [-0.4, -0.2) is 19.7 Å². The molecule has 0 saturated carbocycles. The highest BCUT2D eigenvalue weighted by Gasteiger charge is 1.94. The molecule has 0 aliphatic carbocycles. The normalized spacial score (nSPS) is 24.0. The number of ether oxygens (including phenoxy) is 1. The van der Waals surface area contributed by atoms with E-state index in [0.29, 0.717) is 0 Å². The lowest BCUT2D eigenvalue weighted by molar-refractivity contribution is 0.179. The molecule has 1 N–H and O–H groups in total. The third-order valence-electron chi connectivity index (χ3n) is 1.21. The summed E-state index contributed by atoms with van der Waals surface area (Å²) < 4.78 is 5.09. The second kappa shape index (κ2) is 3.87. The fourth-order valence-corrected chi connectivity index (χ4v) is 0.739. The van der Waals surface area contributed by atoms with E-state index in [2.05, 4.69) is 5.32 Å². The molecule has 47 valence electrons. The Bertz CT molecular complexity index is 32.5. The highest BCUT2D eigenvalue weighted by molar-refractivity contribution is 4.59. The van der Waals surface area contributed by atoms with E-state index in [-0.39, 0.29) is 0 Å². The Morgan fingerprint density at radius 1 is 1.38 bits per heavy atom. The van der Waals surface area contributed by atoms with Gasteiger partial charge < -0.3 is 10.1 Å².